The van der Waals surface area contributed by atoms with Gasteiger partial charge in [0.05, 0.1) is 12.2 Å². The SMILES string of the molecule is CCOC(=O)[C@@](C)(CC)NC(=O)c1cc(Cl)c2ccccc2c1O. The van der Waals surface area contributed by atoms with Crippen LogP contribution in [0.4, 0.5) is 0 Å². The minimum atomic E-state index is -1.18. The van der Waals surface area contributed by atoms with Crippen LogP contribution in [-0.4, -0.2) is 29.1 Å². The van der Waals surface area contributed by atoms with Gasteiger partial charge < -0.3 is 15.2 Å². The van der Waals surface area contributed by atoms with Crippen molar-refractivity contribution >= 4 is 34.2 Å². The predicted molar refractivity (Wildman–Crippen MR) is 93.4 cm³/mol. The lowest BCUT2D eigenvalue weighted by Gasteiger charge is -2.27. The Morgan fingerprint density at radius 3 is 2.46 bits per heavy atom. The Bertz CT molecular complexity index is 790. The molecule has 0 aliphatic rings. The molecular weight excluding hydrogens is 330 g/mol. The number of nitrogens with one attached hydrogen (secondary N) is 1. The summed E-state index contributed by atoms with van der Waals surface area (Å²) < 4.78 is 5.02. The summed E-state index contributed by atoms with van der Waals surface area (Å²) in [5.74, 6) is -1.28. The molecule has 6 heteroatoms. The van der Waals surface area contributed by atoms with Crippen molar-refractivity contribution in [3.8, 4) is 5.75 Å². The summed E-state index contributed by atoms with van der Waals surface area (Å²) in [6.45, 7) is 5.27. The first-order valence-corrected chi connectivity index (χ1v) is 8.11. The molecule has 0 saturated carbocycles. The topological polar surface area (TPSA) is 75.6 Å². The van der Waals surface area contributed by atoms with Crippen molar-refractivity contribution < 1.29 is 19.4 Å². The van der Waals surface area contributed by atoms with Crippen molar-refractivity contribution in [2.24, 2.45) is 0 Å². The van der Waals surface area contributed by atoms with E-state index in [0.717, 1.165) is 0 Å². The number of amides is 1. The quantitative estimate of drug-likeness (QED) is 0.808. The van der Waals surface area contributed by atoms with Gasteiger partial charge in [0, 0.05) is 15.8 Å². The zero-order valence-electron chi connectivity index (χ0n) is 13.9. The third-order valence-corrected chi connectivity index (χ3v) is 4.35. The van der Waals surface area contributed by atoms with Crippen LogP contribution in [0.15, 0.2) is 30.3 Å². The molecule has 0 saturated heterocycles. The van der Waals surface area contributed by atoms with Gasteiger partial charge in [-0.25, -0.2) is 4.79 Å². The number of aromatic hydroxyl groups is 1. The Kier molecular flexibility index (Phi) is 5.34. The molecule has 2 rings (SSSR count). The monoisotopic (exact) mass is 349 g/mol. The van der Waals surface area contributed by atoms with Crippen LogP contribution in [0.2, 0.25) is 5.02 Å². The molecule has 0 radical (unpaired) electrons. The van der Waals surface area contributed by atoms with Gasteiger partial charge in [-0.3, -0.25) is 4.79 Å². The van der Waals surface area contributed by atoms with Crippen LogP contribution in [0, 0.1) is 0 Å². The molecule has 0 unspecified atom stereocenters. The lowest BCUT2D eigenvalue weighted by atomic mass is 9.97. The number of phenolic OH excluding ortho intramolecular Hbond substituents is 1. The number of carbonyl (C=O) groups is 2. The molecule has 0 spiro atoms. The largest absolute Gasteiger partial charge is 0.506 e. The van der Waals surface area contributed by atoms with E-state index in [-0.39, 0.29) is 17.9 Å². The van der Waals surface area contributed by atoms with Gasteiger partial charge in [0.25, 0.3) is 5.91 Å². The molecular formula is C18H20ClNO4. The Hall–Kier alpha value is -2.27. The summed E-state index contributed by atoms with van der Waals surface area (Å²) in [6, 6.07) is 8.37. The molecule has 0 aliphatic heterocycles. The van der Waals surface area contributed by atoms with Crippen LogP contribution in [0.25, 0.3) is 10.8 Å². The fourth-order valence-corrected chi connectivity index (χ4v) is 2.65. The first kappa shape index (κ1) is 18.1. The van der Waals surface area contributed by atoms with E-state index in [4.69, 9.17) is 16.3 Å². The second-order valence-electron chi connectivity index (χ2n) is 5.66. The third-order valence-electron chi connectivity index (χ3n) is 4.03. The normalized spacial score (nSPS) is 13.3. The van der Waals surface area contributed by atoms with Crippen molar-refractivity contribution in [2.75, 3.05) is 6.61 Å². The van der Waals surface area contributed by atoms with Gasteiger partial charge >= 0.3 is 5.97 Å². The summed E-state index contributed by atoms with van der Waals surface area (Å²) in [7, 11) is 0. The van der Waals surface area contributed by atoms with E-state index >= 15 is 0 Å². The van der Waals surface area contributed by atoms with Gasteiger partial charge in [0.15, 0.2) is 0 Å². The van der Waals surface area contributed by atoms with Gasteiger partial charge in [-0.05, 0) is 26.3 Å². The van der Waals surface area contributed by atoms with Crippen molar-refractivity contribution in [2.45, 2.75) is 32.7 Å². The smallest absolute Gasteiger partial charge is 0.331 e. The molecule has 0 aromatic heterocycles. The Morgan fingerprint density at radius 2 is 1.88 bits per heavy atom. The standard InChI is InChI=1S/C18H20ClNO4/c1-4-18(3,17(23)24-5-2)20-16(22)13-10-14(19)11-8-6-7-9-12(11)15(13)21/h6-10,21H,4-5H2,1-3H3,(H,20,22)/t18-/m1/s1. The zero-order valence-corrected chi connectivity index (χ0v) is 14.6. The van der Waals surface area contributed by atoms with Crippen molar-refractivity contribution in [3.63, 3.8) is 0 Å². The van der Waals surface area contributed by atoms with Crippen LogP contribution < -0.4 is 5.32 Å². The Morgan fingerprint density at radius 1 is 1.25 bits per heavy atom. The van der Waals surface area contributed by atoms with Crippen LogP contribution in [0.3, 0.4) is 0 Å². The average Bonchev–Trinajstić information content (AvgIpc) is 2.58. The van der Waals surface area contributed by atoms with E-state index in [1.807, 2.05) is 0 Å². The molecule has 0 bridgehead atoms. The zero-order chi connectivity index (χ0) is 17.9. The van der Waals surface area contributed by atoms with Gasteiger partial charge in [-0.2, -0.15) is 0 Å². The lowest BCUT2D eigenvalue weighted by molar-refractivity contribution is -0.150. The van der Waals surface area contributed by atoms with E-state index < -0.39 is 17.4 Å². The maximum atomic E-state index is 12.6. The Balaban J connectivity index is 2.41. The molecule has 24 heavy (non-hydrogen) atoms. The number of carbonyl (C=O) groups excluding carboxylic acids is 2. The first-order valence-electron chi connectivity index (χ1n) is 7.74. The van der Waals surface area contributed by atoms with Crippen molar-refractivity contribution in [3.05, 3.63) is 40.9 Å². The predicted octanol–water partition coefficient (Wildman–Crippen LogP) is 3.66. The number of phenols is 1. The van der Waals surface area contributed by atoms with E-state index in [1.165, 1.54) is 6.07 Å². The molecule has 2 aromatic rings. The summed E-state index contributed by atoms with van der Waals surface area (Å²) >= 11 is 6.21. The van der Waals surface area contributed by atoms with Crippen LogP contribution >= 0.6 is 11.6 Å². The highest BCUT2D eigenvalue weighted by Gasteiger charge is 2.35. The molecule has 1 amide bonds. The number of hydrogen-bond acceptors (Lipinski definition) is 4. The van der Waals surface area contributed by atoms with E-state index in [0.29, 0.717) is 22.2 Å². The summed E-state index contributed by atoms with van der Waals surface area (Å²) in [6.07, 6.45) is 0.347. The maximum absolute atomic E-state index is 12.6. The van der Waals surface area contributed by atoms with Gasteiger partial charge in [0.2, 0.25) is 0 Å². The lowest BCUT2D eigenvalue weighted by Crippen LogP contribution is -2.52. The minimum absolute atomic E-state index is 0.0164. The number of fused-ring (bicyclic) bond motifs is 1. The Labute approximate surface area is 145 Å². The summed E-state index contributed by atoms with van der Waals surface area (Å²) in [5.41, 5.74) is -1.17. The molecule has 2 N–H and O–H groups in total. The van der Waals surface area contributed by atoms with Crippen molar-refractivity contribution in [1.82, 2.24) is 5.32 Å². The van der Waals surface area contributed by atoms with Crippen LogP contribution in [-0.2, 0) is 9.53 Å². The highest BCUT2D eigenvalue weighted by Crippen LogP contribution is 2.34. The number of hydrogen-bond donors (Lipinski definition) is 2. The summed E-state index contributed by atoms with van der Waals surface area (Å²) in [4.78, 5) is 24.7. The fraction of sp³-hybridized carbons (Fsp3) is 0.333. The number of ether oxygens (including phenoxy) is 1. The molecule has 5 nitrogen and oxygen atoms in total. The van der Waals surface area contributed by atoms with Crippen LogP contribution in [0.5, 0.6) is 5.75 Å². The number of benzene rings is 2. The highest BCUT2D eigenvalue weighted by molar-refractivity contribution is 6.36. The van der Waals surface area contributed by atoms with Crippen molar-refractivity contribution in [1.29, 1.82) is 0 Å². The van der Waals surface area contributed by atoms with Gasteiger partial charge in [0.1, 0.15) is 11.3 Å². The minimum Gasteiger partial charge on any atom is -0.506 e. The summed E-state index contributed by atoms with van der Waals surface area (Å²) in [5, 5.41) is 14.5. The second-order valence-corrected chi connectivity index (χ2v) is 6.07. The molecule has 2 aromatic carbocycles. The number of esters is 1. The number of halogens is 1. The highest BCUT2D eigenvalue weighted by atomic mass is 35.5. The van der Waals surface area contributed by atoms with E-state index in [2.05, 4.69) is 5.32 Å². The third kappa shape index (κ3) is 3.31. The molecule has 0 aliphatic carbocycles. The number of rotatable bonds is 5. The molecule has 0 heterocycles. The van der Waals surface area contributed by atoms with Gasteiger partial charge in [-0.15, -0.1) is 0 Å². The molecule has 0 fully saturated rings. The first-order chi connectivity index (χ1) is 11.3. The average molecular weight is 350 g/mol. The molecule has 128 valence electrons. The second kappa shape index (κ2) is 7.09. The fourth-order valence-electron chi connectivity index (χ4n) is 2.38. The maximum Gasteiger partial charge on any atom is 0.331 e. The van der Waals surface area contributed by atoms with Crippen LogP contribution in [0.1, 0.15) is 37.6 Å². The van der Waals surface area contributed by atoms with Gasteiger partial charge in [-0.1, -0.05) is 42.8 Å². The van der Waals surface area contributed by atoms with E-state index in [1.54, 1.807) is 45.0 Å². The molecule has 1 atom stereocenters. The van der Waals surface area contributed by atoms with E-state index in [9.17, 15) is 14.7 Å².